The molecule has 1 aliphatic carbocycles. The molecule has 342 valence electrons. The van der Waals surface area contributed by atoms with Crippen molar-refractivity contribution < 1.29 is 0 Å². The standard InChI is InChI=1S/C66H53N5/c1-42-41-65(2,3)56-35-34-50(38-57(56)66(42,4)5)48-23-16-22-47(36-48)49-24-17-25-51(37-49)70-58-28-14-12-26-52(58)54-39-55-53-27-13-15-29-59(53)71(61(55)40-60(54)70)64-68-62(45-20-10-7-11-21-45)67-63(69-64)46-32-30-44(31-33-46)43-18-8-6-9-19-43/h6-40,42H,41H2,1-5H3. The Morgan fingerprint density at radius 3 is 1.51 bits per heavy atom. The van der Waals surface area contributed by atoms with Crippen LogP contribution in [0.4, 0.5) is 0 Å². The molecular formula is C66H53N5. The predicted octanol–water partition coefficient (Wildman–Crippen LogP) is 17.0. The maximum Gasteiger partial charge on any atom is 0.238 e. The predicted molar refractivity (Wildman–Crippen MR) is 296 cm³/mol. The van der Waals surface area contributed by atoms with Gasteiger partial charge < -0.3 is 4.57 Å². The summed E-state index contributed by atoms with van der Waals surface area (Å²) in [6.45, 7) is 12.1. The zero-order chi connectivity index (χ0) is 48.0. The van der Waals surface area contributed by atoms with Gasteiger partial charge in [-0.25, -0.2) is 4.98 Å². The van der Waals surface area contributed by atoms with Crippen molar-refractivity contribution in [3.8, 4) is 67.8 Å². The zero-order valence-corrected chi connectivity index (χ0v) is 40.7. The highest BCUT2D eigenvalue weighted by Gasteiger charge is 2.42. The van der Waals surface area contributed by atoms with Crippen LogP contribution in [0.25, 0.3) is 111 Å². The van der Waals surface area contributed by atoms with E-state index in [0.29, 0.717) is 23.5 Å². The Bertz CT molecular complexity index is 4030. The highest BCUT2D eigenvalue weighted by molar-refractivity contribution is 6.19. The lowest BCUT2D eigenvalue weighted by Crippen LogP contribution is -2.40. The van der Waals surface area contributed by atoms with Crippen molar-refractivity contribution in [2.45, 2.75) is 51.9 Å². The Morgan fingerprint density at radius 1 is 0.366 bits per heavy atom. The minimum absolute atomic E-state index is 0.102. The molecule has 1 unspecified atom stereocenters. The van der Waals surface area contributed by atoms with Crippen LogP contribution in [0.3, 0.4) is 0 Å². The summed E-state index contributed by atoms with van der Waals surface area (Å²) in [7, 11) is 0. The second-order valence-electron chi connectivity index (χ2n) is 20.8. The van der Waals surface area contributed by atoms with E-state index in [-0.39, 0.29) is 10.8 Å². The molecule has 71 heavy (non-hydrogen) atoms. The van der Waals surface area contributed by atoms with Crippen LogP contribution >= 0.6 is 0 Å². The van der Waals surface area contributed by atoms with Crippen molar-refractivity contribution >= 4 is 43.6 Å². The summed E-state index contributed by atoms with van der Waals surface area (Å²) in [6, 6.07) is 76.6. The molecule has 0 fully saturated rings. The van der Waals surface area contributed by atoms with E-state index >= 15 is 0 Å². The fourth-order valence-electron chi connectivity index (χ4n) is 11.6. The van der Waals surface area contributed by atoms with Gasteiger partial charge in [0.1, 0.15) is 0 Å². The van der Waals surface area contributed by atoms with Gasteiger partial charge in [0, 0.05) is 38.4 Å². The first kappa shape index (κ1) is 42.7. The van der Waals surface area contributed by atoms with Crippen LogP contribution in [0.2, 0.25) is 0 Å². The summed E-state index contributed by atoms with van der Waals surface area (Å²) in [5, 5.41) is 4.67. The lowest BCUT2D eigenvalue weighted by Gasteiger charge is -2.46. The van der Waals surface area contributed by atoms with E-state index in [1.54, 1.807) is 0 Å². The molecule has 5 heteroatoms. The van der Waals surface area contributed by atoms with Crippen LogP contribution < -0.4 is 0 Å². The monoisotopic (exact) mass is 915 g/mol. The first-order chi connectivity index (χ1) is 34.6. The molecule has 0 aliphatic heterocycles. The summed E-state index contributed by atoms with van der Waals surface area (Å²) < 4.78 is 4.66. The Hall–Kier alpha value is -8.41. The Kier molecular flexibility index (Phi) is 9.83. The number of aromatic nitrogens is 5. The summed E-state index contributed by atoms with van der Waals surface area (Å²) in [4.78, 5) is 15.7. The van der Waals surface area contributed by atoms with E-state index in [2.05, 4.69) is 232 Å². The molecule has 5 nitrogen and oxygen atoms in total. The fraction of sp³-hybridized carbons (Fsp3) is 0.136. The molecule has 0 amide bonds. The summed E-state index contributed by atoms with van der Waals surface area (Å²) in [5.74, 6) is 2.39. The van der Waals surface area contributed by atoms with Crippen molar-refractivity contribution in [1.29, 1.82) is 0 Å². The molecular weight excluding hydrogens is 863 g/mol. The van der Waals surface area contributed by atoms with Gasteiger partial charge in [0.25, 0.3) is 0 Å². The molecule has 1 aliphatic rings. The number of nitrogens with zero attached hydrogens (tertiary/aromatic N) is 5. The molecule has 12 aromatic rings. The van der Waals surface area contributed by atoms with Gasteiger partial charge in [0.2, 0.25) is 5.95 Å². The van der Waals surface area contributed by atoms with Gasteiger partial charge in [-0.1, -0.05) is 204 Å². The topological polar surface area (TPSA) is 48.5 Å². The minimum atomic E-state index is 0.102. The molecule has 0 bridgehead atoms. The number of para-hydroxylation sites is 2. The lowest BCUT2D eigenvalue weighted by atomic mass is 9.58. The highest BCUT2D eigenvalue weighted by Crippen LogP contribution is 2.50. The summed E-state index contributed by atoms with van der Waals surface area (Å²) in [6.07, 6.45) is 1.19. The normalized spacial score (nSPS) is 15.1. The van der Waals surface area contributed by atoms with E-state index in [4.69, 9.17) is 15.0 Å². The number of fused-ring (bicyclic) bond motifs is 7. The Labute approximate surface area is 414 Å². The first-order valence-corrected chi connectivity index (χ1v) is 24.9. The molecule has 0 spiro atoms. The first-order valence-electron chi connectivity index (χ1n) is 24.9. The highest BCUT2D eigenvalue weighted by atomic mass is 15.2. The minimum Gasteiger partial charge on any atom is -0.309 e. The largest absolute Gasteiger partial charge is 0.309 e. The molecule has 0 radical (unpaired) electrons. The number of hydrogen-bond acceptors (Lipinski definition) is 3. The SMILES string of the molecule is CC1CC(C)(C)c2ccc(-c3cccc(-c4cccc(-n5c6ccccc6c6cc7c8ccccc8n(-c8nc(-c9ccccc9)nc(-c9ccc(-c%10ccccc%10)cc9)n8)c7cc65)c4)c3)cc2C1(C)C. The van der Waals surface area contributed by atoms with Gasteiger partial charge in [-0.15, -0.1) is 0 Å². The van der Waals surface area contributed by atoms with Crippen LogP contribution in [0, 0.1) is 5.92 Å². The van der Waals surface area contributed by atoms with E-state index in [1.807, 2.05) is 24.3 Å². The van der Waals surface area contributed by atoms with Gasteiger partial charge in [0.15, 0.2) is 11.6 Å². The van der Waals surface area contributed by atoms with Gasteiger partial charge in [0.05, 0.1) is 22.1 Å². The van der Waals surface area contributed by atoms with E-state index in [1.165, 1.54) is 56.1 Å². The number of rotatable bonds is 7. The van der Waals surface area contributed by atoms with Crippen LogP contribution in [0.5, 0.6) is 0 Å². The van der Waals surface area contributed by atoms with Gasteiger partial charge in [-0.3, -0.25) is 4.57 Å². The van der Waals surface area contributed by atoms with Crippen molar-refractivity contribution in [2.75, 3.05) is 0 Å². The van der Waals surface area contributed by atoms with Crippen molar-refractivity contribution in [3.63, 3.8) is 0 Å². The quantitative estimate of drug-likeness (QED) is 0.160. The molecule has 13 rings (SSSR count). The Morgan fingerprint density at radius 2 is 0.845 bits per heavy atom. The third kappa shape index (κ3) is 7.09. The third-order valence-corrected chi connectivity index (χ3v) is 15.7. The van der Waals surface area contributed by atoms with E-state index in [0.717, 1.165) is 55.2 Å². The lowest BCUT2D eigenvalue weighted by molar-refractivity contribution is 0.233. The molecule has 0 saturated heterocycles. The summed E-state index contributed by atoms with van der Waals surface area (Å²) in [5.41, 5.74) is 17.6. The molecule has 9 aromatic carbocycles. The van der Waals surface area contributed by atoms with Crippen LogP contribution in [-0.2, 0) is 10.8 Å². The van der Waals surface area contributed by atoms with E-state index < -0.39 is 0 Å². The second-order valence-corrected chi connectivity index (χ2v) is 20.8. The Balaban J connectivity index is 0.971. The average molecular weight is 916 g/mol. The molecule has 0 N–H and O–H groups in total. The maximum atomic E-state index is 5.32. The molecule has 0 saturated carbocycles. The summed E-state index contributed by atoms with van der Waals surface area (Å²) >= 11 is 0. The van der Waals surface area contributed by atoms with Gasteiger partial charge >= 0.3 is 0 Å². The second kappa shape index (κ2) is 16.4. The number of hydrogen-bond donors (Lipinski definition) is 0. The smallest absolute Gasteiger partial charge is 0.238 e. The van der Waals surface area contributed by atoms with Crippen molar-refractivity contribution in [3.05, 3.63) is 223 Å². The average Bonchev–Trinajstić information content (AvgIpc) is 3.92. The van der Waals surface area contributed by atoms with Crippen LogP contribution in [0.1, 0.15) is 52.2 Å². The fourth-order valence-corrected chi connectivity index (χ4v) is 11.6. The van der Waals surface area contributed by atoms with Crippen molar-refractivity contribution in [1.82, 2.24) is 24.1 Å². The van der Waals surface area contributed by atoms with Crippen LogP contribution in [0.15, 0.2) is 212 Å². The number of benzene rings is 9. The van der Waals surface area contributed by atoms with Gasteiger partial charge in [-0.2, -0.15) is 9.97 Å². The molecule has 3 aromatic heterocycles. The molecule has 1 atom stereocenters. The maximum absolute atomic E-state index is 5.32. The molecule has 3 heterocycles. The van der Waals surface area contributed by atoms with Crippen LogP contribution in [-0.4, -0.2) is 24.1 Å². The van der Waals surface area contributed by atoms with E-state index in [9.17, 15) is 0 Å². The van der Waals surface area contributed by atoms with Gasteiger partial charge in [-0.05, 0) is 110 Å². The zero-order valence-electron chi connectivity index (χ0n) is 40.7. The third-order valence-electron chi connectivity index (χ3n) is 15.7. The van der Waals surface area contributed by atoms with Crippen molar-refractivity contribution in [2.24, 2.45) is 5.92 Å².